The molecule has 0 bridgehead atoms. The summed E-state index contributed by atoms with van der Waals surface area (Å²) in [5.74, 6) is 4.31. The van der Waals surface area contributed by atoms with Crippen molar-refractivity contribution in [2.45, 2.75) is 18.5 Å². The van der Waals surface area contributed by atoms with Gasteiger partial charge >= 0.3 is 0 Å². The van der Waals surface area contributed by atoms with Crippen molar-refractivity contribution in [1.29, 1.82) is 0 Å². The average molecular weight is 324 g/mol. The summed E-state index contributed by atoms with van der Waals surface area (Å²) in [6.45, 7) is 1.56. The van der Waals surface area contributed by atoms with E-state index < -0.39 is 17.2 Å². The zero-order chi connectivity index (χ0) is 16.9. The van der Waals surface area contributed by atoms with E-state index in [-0.39, 0.29) is 6.17 Å². The molecule has 0 saturated heterocycles. The maximum absolute atomic E-state index is 12.3. The van der Waals surface area contributed by atoms with Crippen molar-refractivity contribution in [3.8, 4) is 0 Å². The highest BCUT2D eigenvalue weighted by molar-refractivity contribution is 6.20. The monoisotopic (exact) mass is 324 g/mol. The molecule has 2 aromatic rings. The highest BCUT2D eigenvalue weighted by atomic mass is 16.2. The number of anilines is 3. The van der Waals surface area contributed by atoms with E-state index in [9.17, 15) is 9.59 Å². The molecule has 0 spiro atoms. The molecule has 6 N–H and O–H groups in total. The van der Waals surface area contributed by atoms with E-state index in [4.69, 9.17) is 5.84 Å². The van der Waals surface area contributed by atoms with E-state index in [0.717, 1.165) is 16.9 Å². The quantitative estimate of drug-likeness (QED) is 0.241. The molecular formula is C16H16N6O2. The number of nitrogens with one attached hydrogen (secondary N) is 4. The van der Waals surface area contributed by atoms with Crippen LogP contribution in [0.15, 0.2) is 36.7 Å². The number of amides is 2. The van der Waals surface area contributed by atoms with E-state index in [1.807, 2.05) is 24.3 Å². The third-order valence-corrected chi connectivity index (χ3v) is 4.62. The van der Waals surface area contributed by atoms with Crippen LogP contribution in [0.2, 0.25) is 0 Å². The first-order valence-corrected chi connectivity index (χ1v) is 7.48. The summed E-state index contributed by atoms with van der Waals surface area (Å²) >= 11 is 0. The van der Waals surface area contributed by atoms with Crippen LogP contribution in [0.5, 0.6) is 0 Å². The van der Waals surface area contributed by atoms with Gasteiger partial charge in [0.1, 0.15) is 6.17 Å². The molecule has 1 aromatic heterocycles. The number of rotatable bonds is 2. The standard InChI is InChI=1S/C16H16N6O2/c1-16(15(24)22-17)9-6-11-12(7-10(9)21-14(16)23)20-13(19-11)8-2-4-18-5-3-8/h2-7,13,19-20H,17H2,1H3,(H,21,23)(H,22,24). The van der Waals surface area contributed by atoms with Gasteiger partial charge in [-0.05, 0) is 36.8 Å². The van der Waals surface area contributed by atoms with Crippen molar-refractivity contribution < 1.29 is 9.59 Å². The van der Waals surface area contributed by atoms with Crippen LogP contribution in [0.4, 0.5) is 17.1 Å². The summed E-state index contributed by atoms with van der Waals surface area (Å²) in [6.07, 6.45) is 3.35. The minimum atomic E-state index is -1.35. The molecule has 2 atom stereocenters. The van der Waals surface area contributed by atoms with Gasteiger partial charge in [0.15, 0.2) is 5.41 Å². The minimum absolute atomic E-state index is 0.101. The third-order valence-electron chi connectivity index (χ3n) is 4.62. The van der Waals surface area contributed by atoms with Crippen LogP contribution in [-0.2, 0) is 15.0 Å². The lowest BCUT2D eigenvalue weighted by molar-refractivity contribution is -0.133. The van der Waals surface area contributed by atoms with E-state index in [0.29, 0.717) is 11.3 Å². The molecule has 0 fully saturated rings. The predicted octanol–water partition coefficient (Wildman–Crippen LogP) is 0.817. The summed E-state index contributed by atoms with van der Waals surface area (Å²) in [5, 5.41) is 9.45. The van der Waals surface area contributed by atoms with Crippen LogP contribution >= 0.6 is 0 Å². The summed E-state index contributed by atoms with van der Waals surface area (Å²) in [6, 6.07) is 7.47. The number of hydrogen-bond acceptors (Lipinski definition) is 6. The molecule has 0 saturated carbocycles. The number of nitrogens with two attached hydrogens (primary N) is 1. The molecular weight excluding hydrogens is 308 g/mol. The van der Waals surface area contributed by atoms with Crippen molar-refractivity contribution in [3.63, 3.8) is 0 Å². The fourth-order valence-corrected chi connectivity index (χ4v) is 3.16. The van der Waals surface area contributed by atoms with Crippen molar-refractivity contribution >= 4 is 28.9 Å². The number of carbonyl (C=O) groups is 2. The van der Waals surface area contributed by atoms with Gasteiger partial charge in [0.05, 0.1) is 11.4 Å². The van der Waals surface area contributed by atoms with Gasteiger partial charge < -0.3 is 16.0 Å². The van der Waals surface area contributed by atoms with Crippen LogP contribution in [0.3, 0.4) is 0 Å². The van der Waals surface area contributed by atoms with Crippen molar-refractivity contribution in [3.05, 3.63) is 47.8 Å². The van der Waals surface area contributed by atoms with Crippen LogP contribution in [0.25, 0.3) is 0 Å². The number of nitrogens with zero attached hydrogens (tertiary/aromatic N) is 1. The van der Waals surface area contributed by atoms with E-state index in [2.05, 4.69) is 26.4 Å². The Balaban J connectivity index is 1.73. The second kappa shape index (κ2) is 4.93. The highest BCUT2D eigenvalue weighted by Gasteiger charge is 2.49. The van der Waals surface area contributed by atoms with Gasteiger partial charge in [-0.2, -0.15) is 0 Å². The molecule has 8 nitrogen and oxygen atoms in total. The van der Waals surface area contributed by atoms with E-state index >= 15 is 0 Å². The van der Waals surface area contributed by atoms with Crippen LogP contribution in [0, 0.1) is 0 Å². The number of benzene rings is 1. The lowest BCUT2D eigenvalue weighted by atomic mass is 9.82. The number of hydrazine groups is 1. The molecule has 3 heterocycles. The Hall–Kier alpha value is -3.13. The zero-order valence-corrected chi connectivity index (χ0v) is 12.9. The van der Waals surface area contributed by atoms with Crippen molar-refractivity contribution in [2.75, 3.05) is 16.0 Å². The number of carbonyl (C=O) groups excluding carboxylic acids is 2. The average Bonchev–Trinajstić information content (AvgIpc) is 3.13. The molecule has 2 aliphatic heterocycles. The van der Waals surface area contributed by atoms with Gasteiger partial charge in [-0.25, -0.2) is 5.84 Å². The Bertz CT molecular complexity index is 853. The number of fused-ring (bicyclic) bond motifs is 2. The zero-order valence-electron chi connectivity index (χ0n) is 12.9. The lowest BCUT2D eigenvalue weighted by Crippen LogP contribution is -2.49. The molecule has 0 aliphatic carbocycles. The van der Waals surface area contributed by atoms with Gasteiger partial charge in [-0.1, -0.05) is 0 Å². The molecule has 0 radical (unpaired) electrons. The van der Waals surface area contributed by atoms with E-state index in [1.165, 1.54) is 0 Å². The molecule has 24 heavy (non-hydrogen) atoms. The Kier molecular flexibility index (Phi) is 2.97. The highest BCUT2D eigenvalue weighted by Crippen LogP contribution is 2.45. The van der Waals surface area contributed by atoms with Crippen LogP contribution < -0.4 is 27.2 Å². The molecule has 1 aromatic carbocycles. The van der Waals surface area contributed by atoms with Gasteiger partial charge in [0, 0.05) is 23.6 Å². The molecule has 2 unspecified atom stereocenters. The molecule has 2 amide bonds. The first-order chi connectivity index (χ1) is 11.5. The number of pyridine rings is 1. The fourth-order valence-electron chi connectivity index (χ4n) is 3.16. The largest absolute Gasteiger partial charge is 0.360 e. The Morgan fingerprint density at radius 2 is 1.88 bits per heavy atom. The first-order valence-electron chi connectivity index (χ1n) is 7.48. The minimum Gasteiger partial charge on any atom is -0.360 e. The summed E-state index contributed by atoms with van der Waals surface area (Å²) in [4.78, 5) is 28.5. The smallest absolute Gasteiger partial charge is 0.253 e. The normalized spacial score (nSPS) is 23.6. The van der Waals surface area contributed by atoms with Gasteiger partial charge in [0.25, 0.3) is 5.91 Å². The summed E-state index contributed by atoms with van der Waals surface area (Å²) in [5.41, 5.74) is 4.64. The third kappa shape index (κ3) is 1.86. The summed E-state index contributed by atoms with van der Waals surface area (Å²) in [7, 11) is 0. The summed E-state index contributed by atoms with van der Waals surface area (Å²) < 4.78 is 0. The molecule has 8 heteroatoms. The Morgan fingerprint density at radius 3 is 2.54 bits per heavy atom. The van der Waals surface area contributed by atoms with Gasteiger partial charge in [-0.3, -0.25) is 20.0 Å². The topological polar surface area (TPSA) is 121 Å². The maximum Gasteiger partial charge on any atom is 0.253 e. The Labute approximate surface area is 137 Å². The fraction of sp³-hybridized carbons (Fsp3) is 0.188. The second-order valence-corrected chi connectivity index (χ2v) is 6.00. The number of hydrogen-bond donors (Lipinski definition) is 5. The molecule has 2 aliphatic rings. The van der Waals surface area contributed by atoms with Crippen LogP contribution in [-0.4, -0.2) is 16.8 Å². The van der Waals surface area contributed by atoms with Crippen LogP contribution in [0.1, 0.15) is 24.2 Å². The number of aromatic nitrogens is 1. The van der Waals surface area contributed by atoms with Gasteiger partial charge in [0.2, 0.25) is 5.91 Å². The molecule has 122 valence electrons. The molecule has 4 rings (SSSR count). The predicted molar refractivity (Wildman–Crippen MR) is 89.0 cm³/mol. The SMILES string of the molecule is CC1(C(=O)NN)C(=O)Nc2cc3c(cc21)NC(c1ccncc1)N3. The maximum atomic E-state index is 12.3. The van der Waals surface area contributed by atoms with Crippen molar-refractivity contribution in [1.82, 2.24) is 10.4 Å². The van der Waals surface area contributed by atoms with E-state index in [1.54, 1.807) is 19.3 Å². The van der Waals surface area contributed by atoms with Gasteiger partial charge in [-0.15, -0.1) is 0 Å². The second-order valence-electron chi connectivity index (χ2n) is 6.00. The van der Waals surface area contributed by atoms with Crippen molar-refractivity contribution in [2.24, 2.45) is 5.84 Å². The first kappa shape index (κ1) is 14.5. The Morgan fingerprint density at radius 1 is 1.21 bits per heavy atom. The lowest BCUT2D eigenvalue weighted by Gasteiger charge is -2.20.